The normalized spacial score (nSPS) is 15.8. The molecule has 3 N–H and O–H groups in total. The van der Waals surface area contributed by atoms with Gasteiger partial charge in [-0.15, -0.1) is 0 Å². The fraction of sp³-hybridized carbons (Fsp3) is 0.600. The summed E-state index contributed by atoms with van der Waals surface area (Å²) < 4.78 is 5.32. The molecular formula is C10H18N2O2. The van der Waals surface area contributed by atoms with E-state index in [1.54, 1.807) is 6.26 Å². The van der Waals surface area contributed by atoms with Crippen LogP contribution in [0.15, 0.2) is 22.8 Å². The zero-order valence-electron chi connectivity index (χ0n) is 8.68. The van der Waals surface area contributed by atoms with E-state index in [9.17, 15) is 0 Å². The molecule has 0 aliphatic carbocycles. The van der Waals surface area contributed by atoms with Crippen LogP contribution in [0.4, 0.5) is 0 Å². The van der Waals surface area contributed by atoms with Gasteiger partial charge in [0.15, 0.2) is 0 Å². The van der Waals surface area contributed by atoms with E-state index in [2.05, 4.69) is 0 Å². The molecule has 0 aliphatic rings. The van der Waals surface area contributed by atoms with Gasteiger partial charge in [0.25, 0.3) is 0 Å². The van der Waals surface area contributed by atoms with E-state index in [1.165, 1.54) is 0 Å². The van der Waals surface area contributed by atoms with Crippen molar-refractivity contribution in [2.75, 3.05) is 20.2 Å². The van der Waals surface area contributed by atoms with Gasteiger partial charge in [-0.3, -0.25) is 4.90 Å². The summed E-state index contributed by atoms with van der Waals surface area (Å²) in [4.78, 5) is 1.99. The topological polar surface area (TPSA) is 62.6 Å². The largest absolute Gasteiger partial charge is 0.468 e. The minimum Gasteiger partial charge on any atom is -0.468 e. The number of rotatable bonds is 5. The van der Waals surface area contributed by atoms with Crippen LogP contribution in [0, 0.1) is 0 Å². The highest BCUT2D eigenvalue weighted by atomic mass is 16.3. The Hall–Kier alpha value is -0.840. The molecule has 80 valence electrons. The Morgan fingerprint density at radius 3 is 2.79 bits per heavy atom. The van der Waals surface area contributed by atoms with Crippen LogP contribution in [0.1, 0.15) is 18.7 Å². The molecule has 2 atom stereocenters. The smallest absolute Gasteiger partial charge is 0.122 e. The summed E-state index contributed by atoms with van der Waals surface area (Å²) in [6.45, 7) is 2.65. The van der Waals surface area contributed by atoms with Gasteiger partial charge in [0.2, 0.25) is 0 Å². The SMILES string of the molecule is CC(N)C(c1ccco1)N(C)CCO. The Morgan fingerprint density at radius 2 is 2.36 bits per heavy atom. The summed E-state index contributed by atoms with van der Waals surface area (Å²) >= 11 is 0. The Labute approximate surface area is 84.3 Å². The van der Waals surface area contributed by atoms with Crippen molar-refractivity contribution in [2.45, 2.75) is 19.0 Å². The first-order chi connectivity index (χ1) is 6.66. The fourth-order valence-corrected chi connectivity index (χ4v) is 1.63. The van der Waals surface area contributed by atoms with Crippen molar-refractivity contribution in [3.63, 3.8) is 0 Å². The van der Waals surface area contributed by atoms with E-state index in [1.807, 2.05) is 31.0 Å². The van der Waals surface area contributed by atoms with Crippen LogP contribution in [-0.2, 0) is 0 Å². The van der Waals surface area contributed by atoms with Crippen LogP contribution in [0.2, 0.25) is 0 Å². The molecule has 14 heavy (non-hydrogen) atoms. The summed E-state index contributed by atoms with van der Waals surface area (Å²) in [5, 5.41) is 8.85. The zero-order valence-corrected chi connectivity index (χ0v) is 8.68. The minimum absolute atomic E-state index is 0.0251. The van der Waals surface area contributed by atoms with Gasteiger partial charge in [-0.25, -0.2) is 0 Å². The first kappa shape index (κ1) is 11.2. The van der Waals surface area contributed by atoms with Crippen molar-refractivity contribution in [3.8, 4) is 0 Å². The van der Waals surface area contributed by atoms with E-state index in [-0.39, 0.29) is 18.7 Å². The third-order valence-corrected chi connectivity index (χ3v) is 2.26. The number of aliphatic hydroxyl groups is 1. The number of aliphatic hydroxyl groups excluding tert-OH is 1. The van der Waals surface area contributed by atoms with Crippen LogP contribution in [0.25, 0.3) is 0 Å². The van der Waals surface area contributed by atoms with Gasteiger partial charge in [-0.05, 0) is 26.1 Å². The third kappa shape index (κ3) is 2.57. The van der Waals surface area contributed by atoms with E-state index in [4.69, 9.17) is 15.3 Å². The lowest BCUT2D eigenvalue weighted by Crippen LogP contribution is -2.38. The van der Waals surface area contributed by atoms with Gasteiger partial charge in [0.05, 0.1) is 18.9 Å². The van der Waals surface area contributed by atoms with Crippen molar-refractivity contribution < 1.29 is 9.52 Å². The average Bonchev–Trinajstić information content (AvgIpc) is 2.57. The minimum atomic E-state index is -0.0299. The second kappa shape index (κ2) is 5.14. The van der Waals surface area contributed by atoms with Crippen molar-refractivity contribution >= 4 is 0 Å². The summed E-state index contributed by atoms with van der Waals surface area (Å²) in [5.41, 5.74) is 5.88. The van der Waals surface area contributed by atoms with Crippen LogP contribution >= 0.6 is 0 Å². The molecule has 1 aromatic rings. The van der Waals surface area contributed by atoms with Crippen LogP contribution in [0.3, 0.4) is 0 Å². The number of nitrogens with two attached hydrogens (primary N) is 1. The molecule has 0 fully saturated rings. The monoisotopic (exact) mass is 198 g/mol. The maximum absolute atomic E-state index is 8.85. The molecule has 0 bridgehead atoms. The van der Waals surface area contributed by atoms with E-state index in [0.717, 1.165) is 5.76 Å². The standard InChI is InChI=1S/C10H18N2O2/c1-8(11)10(12(2)5-6-13)9-4-3-7-14-9/h3-4,7-8,10,13H,5-6,11H2,1-2H3. The highest BCUT2D eigenvalue weighted by molar-refractivity contribution is 5.06. The third-order valence-electron chi connectivity index (χ3n) is 2.26. The molecule has 0 amide bonds. The summed E-state index contributed by atoms with van der Waals surface area (Å²) in [6, 6.07) is 3.74. The van der Waals surface area contributed by atoms with Crippen molar-refractivity contribution in [2.24, 2.45) is 5.73 Å². The fourth-order valence-electron chi connectivity index (χ4n) is 1.63. The molecule has 1 aromatic heterocycles. The summed E-state index contributed by atoms with van der Waals surface area (Å²) in [7, 11) is 1.92. The van der Waals surface area contributed by atoms with Gasteiger partial charge in [0.1, 0.15) is 5.76 Å². The highest BCUT2D eigenvalue weighted by Crippen LogP contribution is 2.21. The molecule has 0 spiro atoms. The quantitative estimate of drug-likeness (QED) is 0.727. The number of hydrogen-bond donors (Lipinski definition) is 2. The lowest BCUT2D eigenvalue weighted by Gasteiger charge is -2.28. The van der Waals surface area contributed by atoms with Crippen molar-refractivity contribution in [1.29, 1.82) is 0 Å². The number of likely N-dealkylation sites (N-methyl/N-ethyl adjacent to an activating group) is 1. The van der Waals surface area contributed by atoms with E-state index < -0.39 is 0 Å². The van der Waals surface area contributed by atoms with Gasteiger partial charge < -0.3 is 15.3 Å². The van der Waals surface area contributed by atoms with Crippen molar-refractivity contribution in [1.82, 2.24) is 4.90 Å². The molecule has 1 rings (SSSR count). The first-order valence-electron chi connectivity index (χ1n) is 4.77. The highest BCUT2D eigenvalue weighted by Gasteiger charge is 2.22. The lowest BCUT2D eigenvalue weighted by molar-refractivity contribution is 0.151. The van der Waals surface area contributed by atoms with Gasteiger partial charge in [-0.1, -0.05) is 0 Å². The molecule has 0 saturated carbocycles. The second-order valence-corrected chi connectivity index (χ2v) is 3.52. The Bertz CT molecular complexity index is 247. The molecule has 2 unspecified atom stereocenters. The van der Waals surface area contributed by atoms with Crippen LogP contribution < -0.4 is 5.73 Å². The molecule has 0 saturated heterocycles. The second-order valence-electron chi connectivity index (χ2n) is 3.52. The molecule has 0 radical (unpaired) electrons. The van der Waals surface area contributed by atoms with E-state index >= 15 is 0 Å². The molecule has 0 aliphatic heterocycles. The first-order valence-corrected chi connectivity index (χ1v) is 4.77. The predicted molar refractivity (Wildman–Crippen MR) is 54.8 cm³/mol. The maximum atomic E-state index is 8.85. The van der Waals surface area contributed by atoms with Crippen molar-refractivity contribution in [3.05, 3.63) is 24.2 Å². The Balaban J connectivity index is 2.74. The number of furan rings is 1. The summed E-state index contributed by atoms with van der Waals surface area (Å²) in [6.07, 6.45) is 1.64. The number of nitrogens with zero attached hydrogens (tertiary/aromatic N) is 1. The number of hydrogen-bond acceptors (Lipinski definition) is 4. The van der Waals surface area contributed by atoms with Crippen LogP contribution in [-0.4, -0.2) is 36.2 Å². The van der Waals surface area contributed by atoms with Gasteiger partial charge in [-0.2, -0.15) is 0 Å². The summed E-state index contributed by atoms with van der Waals surface area (Å²) in [5.74, 6) is 0.843. The molecule has 1 heterocycles. The van der Waals surface area contributed by atoms with Crippen LogP contribution in [0.5, 0.6) is 0 Å². The maximum Gasteiger partial charge on any atom is 0.122 e. The molecule has 4 heteroatoms. The predicted octanol–water partition coefficient (Wildman–Crippen LogP) is 0.592. The van der Waals surface area contributed by atoms with Gasteiger partial charge in [0, 0.05) is 12.6 Å². The molecular weight excluding hydrogens is 180 g/mol. The average molecular weight is 198 g/mol. The van der Waals surface area contributed by atoms with E-state index in [0.29, 0.717) is 6.54 Å². The molecule has 0 aromatic carbocycles. The van der Waals surface area contributed by atoms with Gasteiger partial charge >= 0.3 is 0 Å². The molecule has 4 nitrogen and oxygen atoms in total. The Morgan fingerprint density at radius 1 is 1.64 bits per heavy atom. The zero-order chi connectivity index (χ0) is 10.6. The Kier molecular flexibility index (Phi) is 4.13. The lowest BCUT2D eigenvalue weighted by atomic mass is 10.1.